The van der Waals surface area contributed by atoms with Crippen LogP contribution in [-0.4, -0.2) is 15.5 Å². The van der Waals surface area contributed by atoms with E-state index in [0.29, 0.717) is 16.3 Å². The zero-order valence-electron chi connectivity index (χ0n) is 12.0. The Morgan fingerprint density at radius 3 is 2.91 bits per heavy atom. The third-order valence-corrected chi connectivity index (χ3v) is 4.32. The number of halogens is 2. The molecule has 0 unspecified atom stereocenters. The van der Waals surface area contributed by atoms with E-state index in [1.165, 1.54) is 6.20 Å². The lowest BCUT2D eigenvalue weighted by Gasteiger charge is -2.08. The number of benzene rings is 1. The smallest absolute Gasteiger partial charge is 0.258 e. The third-order valence-electron chi connectivity index (χ3n) is 3.44. The fourth-order valence-corrected chi connectivity index (χ4v) is 3.20. The van der Waals surface area contributed by atoms with E-state index < -0.39 is 0 Å². The average Bonchev–Trinajstić information content (AvgIpc) is 2.74. The highest BCUT2D eigenvalue weighted by Gasteiger charge is 2.17. The molecule has 2 aromatic heterocycles. The standard InChI is InChI=1S/C16H13BrClN3O/c1-9-8-21(2)15-13(9)14(18)12(7-19-15)16(22)20-11-5-3-4-10(17)6-11/h3-8H,1-2H3,(H,20,22). The van der Waals surface area contributed by atoms with Crippen LogP contribution in [0.1, 0.15) is 15.9 Å². The molecule has 0 saturated carbocycles. The Morgan fingerprint density at radius 1 is 1.41 bits per heavy atom. The van der Waals surface area contributed by atoms with E-state index in [1.807, 2.05) is 49.0 Å². The molecular weight excluding hydrogens is 366 g/mol. The Labute approximate surface area is 141 Å². The topological polar surface area (TPSA) is 46.9 Å². The average molecular weight is 379 g/mol. The van der Waals surface area contributed by atoms with Gasteiger partial charge in [-0.1, -0.05) is 33.6 Å². The Kier molecular flexibility index (Phi) is 3.93. The molecule has 3 rings (SSSR count). The second-order valence-corrected chi connectivity index (χ2v) is 6.37. The van der Waals surface area contributed by atoms with Crippen molar-refractivity contribution in [2.45, 2.75) is 6.92 Å². The van der Waals surface area contributed by atoms with Crippen LogP contribution in [0.15, 0.2) is 41.1 Å². The van der Waals surface area contributed by atoms with Crippen LogP contribution in [0.3, 0.4) is 0 Å². The van der Waals surface area contributed by atoms with Crippen LogP contribution in [0.2, 0.25) is 5.02 Å². The zero-order chi connectivity index (χ0) is 15.9. The molecule has 0 aliphatic rings. The van der Waals surface area contributed by atoms with Crippen molar-refractivity contribution in [1.29, 1.82) is 0 Å². The highest BCUT2D eigenvalue weighted by Crippen LogP contribution is 2.30. The van der Waals surface area contributed by atoms with Crippen LogP contribution in [0.5, 0.6) is 0 Å². The predicted octanol–water partition coefficient (Wildman–Crippen LogP) is 4.55. The molecular formula is C16H13BrClN3O. The van der Waals surface area contributed by atoms with Gasteiger partial charge in [-0.2, -0.15) is 0 Å². The maximum absolute atomic E-state index is 12.5. The van der Waals surface area contributed by atoms with Crippen molar-refractivity contribution < 1.29 is 4.79 Å². The van der Waals surface area contributed by atoms with Crippen LogP contribution < -0.4 is 5.32 Å². The molecule has 0 fully saturated rings. The number of fused-ring (bicyclic) bond motifs is 1. The second-order valence-electron chi connectivity index (χ2n) is 5.07. The van der Waals surface area contributed by atoms with E-state index in [9.17, 15) is 4.79 Å². The summed E-state index contributed by atoms with van der Waals surface area (Å²) >= 11 is 9.80. The SMILES string of the molecule is Cc1cn(C)c2ncc(C(=O)Nc3cccc(Br)c3)c(Cl)c12. The van der Waals surface area contributed by atoms with Crippen molar-refractivity contribution in [3.8, 4) is 0 Å². The van der Waals surface area contributed by atoms with E-state index in [4.69, 9.17) is 11.6 Å². The lowest BCUT2D eigenvalue weighted by Crippen LogP contribution is -2.13. The molecule has 1 N–H and O–H groups in total. The quantitative estimate of drug-likeness (QED) is 0.711. The monoisotopic (exact) mass is 377 g/mol. The van der Waals surface area contributed by atoms with Crippen LogP contribution >= 0.6 is 27.5 Å². The molecule has 0 spiro atoms. The normalized spacial score (nSPS) is 10.9. The molecule has 0 aliphatic carbocycles. The minimum Gasteiger partial charge on any atom is -0.335 e. The number of aromatic nitrogens is 2. The van der Waals surface area contributed by atoms with Gasteiger partial charge in [-0.05, 0) is 30.7 Å². The van der Waals surface area contributed by atoms with Gasteiger partial charge in [-0.25, -0.2) is 4.98 Å². The maximum Gasteiger partial charge on any atom is 0.258 e. The first-order valence-corrected chi connectivity index (χ1v) is 7.81. The van der Waals surface area contributed by atoms with Gasteiger partial charge in [-0.3, -0.25) is 4.79 Å². The summed E-state index contributed by atoms with van der Waals surface area (Å²) in [6, 6.07) is 7.38. The molecule has 0 atom stereocenters. The van der Waals surface area contributed by atoms with Gasteiger partial charge >= 0.3 is 0 Å². The van der Waals surface area contributed by atoms with E-state index in [0.717, 1.165) is 21.1 Å². The highest BCUT2D eigenvalue weighted by atomic mass is 79.9. The van der Waals surface area contributed by atoms with Gasteiger partial charge in [0.05, 0.1) is 10.6 Å². The molecule has 112 valence electrons. The Hall–Kier alpha value is -1.85. The lowest BCUT2D eigenvalue weighted by molar-refractivity contribution is 0.102. The fourth-order valence-electron chi connectivity index (χ4n) is 2.44. The summed E-state index contributed by atoms with van der Waals surface area (Å²) < 4.78 is 2.79. The highest BCUT2D eigenvalue weighted by molar-refractivity contribution is 9.10. The Morgan fingerprint density at radius 2 is 2.18 bits per heavy atom. The van der Waals surface area contributed by atoms with Gasteiger partial charge < -0.3 is 9.88 Å². The van der Waals surface area contributed by atoms with E-state index in [2.05, 4.69) is 26.2 Å². The molecule has 3 aromatic rings. The number of pyridine rings is 1. The molecule has 1 aromatic carbocycles. The van der Waals surface area contributed by atoms with E-state index in [1.54, 1.807) is 0 Å². The minimum atomic E-state index is -0.277. The zero-order valence-corrected chi connectivity index (χ0v) is 14.4. The van der Waals surface area contributed by atoms with Gasteiger partial charge in [0.2, 0.25) is 0 Å². The van der Waals surface area contributed by atoms with Crippen molar-refractivity contribution in [3.63, 3.8) is 0 Å². The molecule has 1 amide bonds. The summed E-state index contributed by atoms with van der Waals surface area (Å²) in [6.07, 6.45) is 3.46. The van der Waals surface area contributed by atoms with Gasteiger partial charge in [-0.15, -0.1) is 0 Å². The van der Waals surface area contributed by atoms with Crippen molar-refractivity contribution >= 4 is 50.2 Å². The summed E-state index contributed by atoms with van der Waals surface area (Å²) in [7, 11) is 1.90. The maximum atomic E-state index is 12.5. The molecule has 22 heavy (non-hydrogen) atoms. The number of carbonyl (C=O) groups excluding carboxylic acids is 1. The molecule has 0 aliphatic heterocycles. The fraction of sp³-hybridized carbons (Fsp3) is 0.125. The molecule has 0 bridgehead atoms. The number of hydrogen-bond acceptors (Lipinski definition) is 2. The number of carbonyl (C=O) groups is 1. The molecule has 4 nitrogen and oxygen atoms in total. The second kappa shape index (κ2) is 5.74. The number of aryl methyl sites for hydroxylation is 2. The van der Waals surface area contributed by atoms with Gasteiger partial charge in [0.25, 0.3) is 5.91 Å². The van der Waals surface area contributed by atoms with Crippen molar-refractivity contribution in [3.05, 3.63) is 57.3 Å². The third kappa shape index (κ3) is 2.62. The predicted molar refractivity (Wildman–Crippen MR) is 92.6 cm³/mol. The summed E-state index contributed by atoms with van der Waals surface area (Å²) in [4.78, 5) is 16.8. The number of rotatable bonds is 2. The molecule has 0 saturated heterocycles. The van der Waals surface area contributed by atoms with Crippen LogP contribution in [0.4, 0.5) is 5.69 Å². The van der Waals surface area contributed by atoms with Crippen molar-refractivity contribution in [2.75, 3.05) is 5.32 Å². The summed E-state index contributed by atoms with van der Waals surface area (Å²) in [5.41, 5.74) is 2.82. The first-order valence-electron chi connectivity index (χ1n) is 6.64. The number of hydrogen-bond donors (Lipinski definition) is 1. The first kappa shape index (κ1) is 15.1. The summed E-state index contributed by atoms with van der Waals surface area (Å²) in [6.45, 7) is 1.95. The van der Waals surface area contributed by atoms with E-state index in [-0.39, 0.29) is 5.91 Å². The van der Waals surface area contributed by atoms with Crippen LogP contribution in [0, 0.1) is 6.92 Å². The van der Waals surface area contributed by atoms with Gasteiger partial charge in [0.15, 0.2) is 0 Å². The molecule has 0 radical (unpaired) electrons. The van der Waals surface area contributed by atoms with E-state index >= 15 is 0 Å². The number of anilines is 1. The largest absolute Gasteiger partial charge is 0.335 e. The lowest BCUT2D eigenvalue weighted by atomic mass is 10.1. The van der Waals surface area contributed by atoms with Crippen LogP contribution in [0.25, 0.3) is 11.0 Å². The summed E-state index contributed by atoms with van der Waals surface area (Å²) in [5, 5.41) is 4.07. The minimum absolute atomic E-state index is 0.277. The van der Waals surface area contributed by atoms with Gasteiger partial charge in [0.1, 0.15) is 5.65 Å². The Balaban J connectivity index is 2.01. The number of amides is 1. The molecule has 6 heteroatoms. The number of nitrogens with zero attached hydrogens (tertiary/aromatic N) is 2. The molecule has 2 heterocycles. The van der Waals surface area contributed by atoms with Gasteiger partial charge in [0, 0.05) is 35.0 Å². The van der Waals surface area contributed by atoms with Crippen LogP contribution in [-0.2, 0) is 7.05 Å². The Bertz CT molecular complexity index is 888. The number of nitrogens with one attached hydrogen (secondary N) is 1. The van der Waals surface area contributed by atoms with Crippen molar-refractivity contribution in [2.24, 2.45) is 7.05 Å². The van der Waals surface area contributed by atoms with Crippen molar-refractivity contribution in [1.82, 2.24) is 9.55 Å². The summed E-state index contributed by atoms with van der Waals surface area (Å²) in [5.74, 6) is -0.277. The first-order chi connectivity index (χ1) is 10.5.